The summed E-state index contributed by atoms with van der Waals surface area (Å²) in [6, 6.07) is 2.26. The fourth-order valence-electron chi connectivity index (χ4n) is 1.06. The maximum absolute atomic E-state index is 12.2. The summed E-state index contributed by atoms with van der Waals surface area (Å²) in [5, 5.41) is 9.78. The summed E-state index contributed by atoms with van der Waals surface area (Å²) in [7, 11) is 1.46. The molecule has 1 N–H and O–H groups in total. The van der Waals surface area contributed by atoms with E-state index in [1.807, 2.05) is 0 Å². The molecular weight excluding hydrogens is 255 g/mol. The van der Waals surface area contributed by atoms with Gasteiger partial charge in [-0.1, -0.05) is 0 Å². The molecule has 1 aromatic rings. The summed E-state index contributed by atoms with van der Waals surface area (Å²) >= 11 is 1.18. The number of halogens is 3. The molecule has 1 heterocycles. The van der Waals surface area contributed by atoms with Crippen molar-refractivity contribution in [3.05, 3.63) is 23.9 Å². The zero-order valence-electron chi connectivity index (χ0n) is 9.07. The van der Waals surface area contributed by atoms with E-state index in [-0.39, 0.29) is 6.61 Å². The fraction of sp³-hybridized carbons (Fsp3) is 0.500. The molecular formula is C10H12F3NO2S. The normalized spacial score (nSPS) is 13.7. The molecule has 0 aliphatic rings. The first-order valence-corrected chi connectivity index (χ1v) is 5.75. The minimum atomic E-state index is -4.37. The summed E-state index contributed by atoms with van der Waals surface area (Å²) in [6.07, 6.45) is -4.24. The van der Waals surface area contributed by atoms with Gasteiger partial charge in [0.15, 0.2) is 0 Å². The molecule has 96 valence electrons. The lowest BCUT2D eigenvalue weighted by Gasteiger charge is -2.09. The van der Waals surface area contributed by atoms with Gasteiger partial charge in [0.05, 0.1) is 23.3 Å². The number of thioether (sulfide) groups is 1. The van der Waals surface area contributed by atoms with Gasteiger partial charge in [-0.15, -0.1) is 11.8 Å². The highest BCUT2D eigenvalue weighted by molar-refractivity contribution is 7.99. The number of nitrogens with zero attached hydrogens (tertiary/aromatic N) is 1. The molecule has 3 nitrogen and oxygen atoms in total. The van der Waals surface area contributed by atoms with Gasteiger partial charge in [-0.05, 0) is 12.1 Å². The van der Waals surface area contributed by atoms with E-state index in [0.29, 0.717) is 10.8 Å². The molecule has 0 aliphatic carbocycles. The van der Waals surface area contributed by atoms with Crippen LogP contribution in [0.3, 0.4) is 0 Å². The second kappa shape index (κ2) is 6.23. The van der Waals surface area contributed by atoms with Crippen LogP contribution in [0.5, 0.6) is 0 Å². The molecule has 0 bridgehead atoms. The average molecular weight is 267 g/mol. The van der Waals surface area contributed by atoms with Crippen molar-refractivity contribution in [2.45, 2.75) is 17.3 Å². The maximum Gasteiger partial charge on any atom is 0.417 e. The van der Waals surface area contributed by atoms with Crippen molar-refractivity contribution in [3.63, 3.8) is 0 Å². The van der Waals surface area contributed by atoms with Crippen molar-refractivity contribution in [1.82, 2.24) is 4.98 Å². The second-order valence-corrected chi connectivity index (χ2v) is 4.34. The fourth-order valence-corrected chi connectivity index (χ4v) is 1.81. The smallest absolute Gasteiger partial charge is 0.390 e. The summed E-state index contributed by atoms with van der Waals surface area (Å²) in [5.74, 6) is 0.326. The number of hydrogen-bond acceptors (Lipinski definition) is 4. The summed E-state index contributed by atoms with van der Waals surface area (Å²) in [6.45, 7) is 0.188. The van der Waals surface area contributed by atoms with Gasteiger partial charge >= 0.3 is 6.18 Å². The molecule has 0 saturated heterocycles. The number of alkyl halides is 3. The van der Waals surface area contributed by atoms with E-state index in [9.17, 15) is 18.3 Å². The minimum absolute atomic E-state index is 0.188. The van der Waals surface area contributed by atoms with Crippen molar-refractivity contribution in [1.29, 1.82) is 0 Å². The lowest BCUT2D eigenvalue weighted by Crippen LogP contribution is -2.16. The Morgan fingerprint density at radius 1 is 1.47 bits per heavy atom. The summed E-state index contributed by atoms with van der Waals surface area (Å²) in [4.78, 5) is 3.67. The van der Waals surface area contributed by atoms with E-state index in [4.69, 9.17) is 4.74 Å². The molecule has 0 amide bonds. The predicted molar refractivity (Wildman–Crippen MR) is 57.8 cm³/mol. The molecule has 1 unspecified atom stereocenters. The van der Waals surface area contributed by atoms with Gasteiger partial charge in [0.25, 0.3) is 0 Å². The van der Waals surface area contributed by atoms with Gasteiger partial charge in [0.2, 0.25) is 0 Å². The molecule has 1 atom stereocenters. The second-order valence-electron chi connectivity index (χ2n) is 3.30. The highest BCUT2D eigenvalue weighted by Gasteiger charge is 2.30. The largest absolute Gasteiger partial charge is 0.417 e. The predicted octanol–water partition coefficient (Wildman–Crippen LogP) is 2.20. The van der Waals surface area contributed by atoms with Gasteiger partial charge in [-0.25, -0.2) is 4.98 Å². The van der Waals surface area contributed by atoms with Crippen LogP contribution in [0.1, 0.15) is 5.56 Å². The van der Waals surface area contributed by atoms with Crippen molar-refractivity contribution in [2.75, 3.05) is 19.5 Å². The highest BCUT2D eigenvalue weighted by Crippen LogP contribution is 2.29. The summed E-state index contributed by atoms with van der Waals surface area (Å²) < 4.78 is 41.4. The van der Waals surface area contributed by atoms with Crippen molar-refractivity contribution in [3.8, 4) is 0 Å². The van der Waals surface area contributed by atoms with E-state index in [2.05, 4.69) is 4.98 Å². The highest BCUT2D eigenvalue weighted by atomic mass is 32.2. The average Bonchev–Trinajstić information content (AvgIpc) is 2.26. The van der Waals surface area contributed by atoms with E-state index in [0.717, 1.165) is 12.3 Å². The maximum atomic E-state index is 12.2. The van der Waals surface area contributed by atoms with Crippen LogP contribution < -0.4 is 0 Å². The Morgan fingerprint density at radius 2 is 2.18 bits per heavy atom. The Hall–Kier alpha value is -0.790. The Labute approximate surface area is 101 Å². The van der Waals surface area contributed by atoms with Crippen LogP contribution in [0, 0.1) is 0 Å². The first kappa shape index (κ1) is 14.3. The number of pyridine rings is 1. The number of aliphatic hydroxyl groups excluding tert-OH is 1. The Morgan fingerprint density at radius 3 is 2.65 bits per heavy atom. The molecule has 17 heavy (non-hydrogen) atoms. The van der Waals surface area contributed by atoms with Crippen LogP contribution in [0.4, 0.5) is 13.2 Å². The summed E-state index contributed by atoms with van der Waals surface area (Å²) in [5.41, 5.74) is -0.778. The number of ether oxygens (including phenoxy) is 1. The van der Waals surface area contributed by atoms with Crippen LogP contribution in [-0.2, 0) is 10.9 Å². The third-order valence-electron chi connectivity index (χ3n) is 1.85. The Bertz CT molecular complexity index is 342. The van der Waals surface area contributed by atoms with Gasteiger partial charge in [-0.3, -0.25) is 0 Å². The van der Waals surface area contributed by atoms with Crippen LogP contribution in [0.25, 0.3) is 0 Å². The topological polar surface area (TPSA) is 42.4 Å². The molecule has 0 aromatic carbocycles. The Balaban J connectivity index is 2.51. The van der Waals surface area contributed by atoms with Gasteiger partial charge < -0.3 is 9.84 Å². The Kier molecular flexibility index (Phi) is 5.23. The van der Waals surface area contributed by atoms with E-state index >= 15 is 0 Å². The number of rotatable bonds is 5. The van der Waals surface area contributed by atoms with Crippen molar-refractivity contribution < 1.29 is 23.0 Å². The first-order chi connectivity index (χ1) is 7.93. The molecule has 1 aromatic heterocycles. The molecule has 7 heteroatoms. The van der Waals surface area contributed by atoms with Crippen molar-refractivity contribution >= 4 is 11.8 Å². The lowest BCUT2D eigenvalue weighted by molar-refractivity contribution is -0.137. The van der Waals surface area contributed by atoms with Gasteiger partial charge in [0.1, 0.15) is 0 Å². The van der Waals surface area contributed by atoms with Crippen LogP contribution in [-0.4, -0.2) is 35.7 Å². The number of hydrogen-bond donors (Lipinski definition) is 1. The standard InChI is InChI=1S/C10H12F3NO2S/c1-16-5-8(15)6-17-9-3-2-7(4-14-9)10(11,12)13/h2-4,8,15H,5-6H2,1H3. The quantitative estimate of drug-likeness (QED) is 0.830. The lowest BCUT2D eigenvalue weighted by atomic mass is 10.3. The minimum Gasteiger partial charge on any atom is -0.390 e. The zero-order chi connectivity index (χ0) is 12.9. The van der Waals surface area contributed by atoms with E-state index < -0.39 is 17.8 Å². The third-order valence-corrected chi connectivity index (χ3v) is 2.94. The van der Waals surface area contributed by atoms with E-state index in [1.165, 1.54) is 24.9 Å². The first-order valence-electron chi connectivity index (χ1n) is 4.76. The molecule has 0 radical (unpaired) electrons. The number of aromatic nitrogens is 1. The monoisotopic (exact) mass is 267 g/mol. The van der Waals surface area contributed by atoms with E-state index in [1.54, 1.807) is 0 Å². The molecule has 0 spiro atoms. The van der Waals surface area contributed by atoms with Crippen molar-refractivity contribution in [2.24, 2.45) is 0 Å². The molecule has 1 rings (SSSR count). The molecule has 0 fully saturated rings. The zero-order valence-corrected chi connectivity index (χ0v) is 9.88. The number of methoxy groups -OCH3 is 1. The van der Waals surface area contributed by atoms with Gasteiger partial charge in [0, 0.05) is 19.1 Å². The third kappa shape index (κ3) is 4.93. The number of aliphatic hydroxyl groups is 1. The van der Waals surface area contributed by atoms with Gasteiger partial charge in [-0.2, -0.15) is 13.2 Å². The SMILES string of the molecule is COCC(O)CSc1ccc(C(F)(F)F)cn1. The van der Waals surface area contributed by atoms with Crippen LogP contribution in [0.2, 0.25) is 0 Å². The van der Waals surface area contributed by atoms with Crippen LogP contribution in [0.15, 0.2) is 23.4 Å². The van der Waals surface area contributed by atoms with Crippen LogP contribution >= 0.6 is 11.8 Å². The molecule has 0 saturated carbocycles. The molecule has 0 aliphatic heterocycles.